The fourth-order valence-electron chi connectivity index (χ4n) is 4.65. The molecule has 0 saturated carbocycles. The van der Waals surface area contributed by atoms with Crippen molar-refractivity contribution in [2.75, 3.05) is 56.6 Å². The summed E-state index contributed by atoms with van der Waals surface area (Å²) in [4.78, 5) is 39.6. The molecule has 0 unspecified atom stereocenters. The van der Waals surface area contributed by atoms with Crippen molar-refractivity contribution in [2.45, 2.75) is 18.4 Å². The standard InChI is InChI=1S/C25H30ClN7O4/c1-36-19-6-4-18(5-7-19)28-24(35)32-11-8-25(9-12-32)17-21(30-37-25)23(34)29-33-15-13-31(14-16-33)22-20(26)3-2-10-27-22/h2-7,10,17,30H,8-9,11-16H2,1H3,(H,28,35)(H,29,34). The number of aromatic nitrogens is 1. The number of amides is 3. The summed E-state index contributed by atoms with van der Waals surface area (Å²) in [5.74, 6) is 1.24. The zero-order valence-electron chi connectivity index (χ0n) is 20.6. The third-order valence-electron chi connectivity index (χ3n) is 6.83. The van der Waals surface area contributed by atoms with Crippen LogP contribution in [-0.2, 0) is 9.63 Å². The van der Waals surface area contributed by atoms with Crippen LogP contribution in [0.3, 0.4) is 0 Å². The first kappa shape index (κ1) is 25.1. The smallest absolute Gasteiger partial charge is 0.321 e. The molecule has 3 amide bonds. The van der Waals surface area contributed by atoms with Crippen LogP contribution < -0.4 is 25.9 Å². The number of methoxy groups -OCH3 is 1. The van der Waals surface area contributed by atoms with Gasteiger partial charge in [0.05, 0.1) is 12.1 Å². The number of nitrogens with one attached hydrogen (secondary N) is 3. The number of hydrogen-bond acceptors (Lipinski definition) is 8. The number of pyridine rings is 1. The molecule has 12 heteroatoms. The molecule has 0 radical (unpaired) electrons. The number of carbonyl (C=O) groups excluding carboxylic acids is 2. The van der Waals surface area contributed by atoms with Gasteiger partial charge < -0.3 is 19.9 Å². The van der Waals surface area contributed by atoms with Gasteiger partial charge >= 0.3 is 6.03 Å². The second-order valence-corrected chi connectivity index (χ2v) is 9.60. The van der Waals surface area contributed by atoms with Crippen molar-refractivity contribution in [1.29, 1.82) is 0 Å². The highest BCUT2D eigenvalue weighted by molar-refractivity contribution is 6.32. The highest BCUT2D eigenvalue weighted by Crippen LogP contribution is 2.32. The highest BCUT2D eigenvalue weighted by Gasteiger charge is 2.41. The largest absolute Gasteiger partial charge is 0.497 e. The van der Waals surface area contributed by atoms with E-state index in [4.69, 9.17) is 21.2 Å². The summed E-state index contributed by atoms with van der Waals surface area (Å²) in [5, 5.41) is 5.41. The van der Waals surface area contributed by atoms with Crippen molar-refractivity contribution < 1.29 is 19.2 Å². The maximum Gasteiger partial charge on any atom is 0.321 e. The van der Waals surface area contributed by atoms with Gasteiger partial charge in [-0.15, -0.1) is 0 Å². The lowest BCUT2D eigenvalue weighted by Gasteiger charge is -2.36. The van der Waals surface area contributed by atoms with E-state index in [9.17, 15) is 9.59 Å². The van der Waals surface area contributed by atoms with Gasteiger partial charge in [0.25, 0.3) is 5.91 Å². The van der Waals surface area contributed by atoms with Crippen molar-refractivity contribution in [3.8, 4) is 5.75 Å². The first-order valence-electron chi connectivity index (χ1n) is 12.2. The number of piperidine rings is 1. The number of piperazine rings is 1. The molecule has 5 rings (SSSR count). The second-order valence-electron chi connectivity index (χ2n) is 9.20. The molecular formula is C25H30ClN7O4. The Labute approximate surface area is 220 Å². The number of hydroxylamine groups is 1. The topological polar surface area (TPSA) is 111 Å². The van der Waals surface area contributed by atoms with Gasteiger partial charge in [-0.2, -0.15) is 0 Å². The Balaban J connectivity index is 1.09. The molecule has 1 aromatic heterocycles. The molecule has 2 saturated heterocycles. The number of benzene rings is 1. The number of ether oxygens (including phenoxy) is 1. The van der Waals surface area contributed by atoms with E-state index in [1.165, 1.54) is 0 Å². The first-order valence-corrected chi connectivity index (χ1v) is 12.6. The zero-order chi connectivity index (χ0) is 25.8. The molecule has 3 N–H and O–H groups in total. The third kappa shape index (κ3) is 5.74. The average molecular weight is 528 g/mol. The Morgan fingerprint density at radius 3 is 2.49 bits per heavy atom. The van der Waals surface area contributed by atoms with Crippen LogP contribution in [-0.4, -0.2) is 78.8 Å². The van der Waals surface area contributed by atoms with Crippen LogP contribution in [0, 0.1) is 0 Å². The average Bonchev–Trinajstić information content (AvgIpc) is 3.34. The van der Waals surface area contributed by atoms with Gasteiger partial charge in [-0.1, -0.05) is 11.6 Å². The van der Waals surface area contributed by atoms with E-state index in [0.29, 0.717) is 68.5 Å². The summed E-state index contributed by atoms with van der Waals surface area (Å²) in [6, 6.07) is 10.7. The zero-order valence-corrected chi connectivity index (χ0v) is 21.3. The number of halogens is 1. The van der Waals surface area contributed by atoms with Crippen LogP contribution in [0.1, 0.15) is 12.8 Å². The van der Waals surface area contributed by atoms with Crippen molar-refractivity contribution in [3.05, 3.63) is 59.4 Å². The number of hydrazine groups is 1. The summed E-state index contributed by atoms with van der Waals surface area (Å²) in [6.07, 6.45) is 4.72. The highest BCUT2D eigenvalue weighted by atomic mass is 35.5. The number of likely N-dealkylation sites (tertiary alicyclic amines) is 1. The summed E-state index contributed by atoms with van der Waals surface area (Å²) in [5.41, 5.74) is 6.22. The number of rotatable bonds is 5. The molecule has 0 atom stereocenters. The predicted octanol–water partition coefficient (Wildman–Crippen LogP) is 2.38. The third-order valence-corrected chi connectivity index (χ3v) is 7.13. The Kier molecular flexibility index (Phi) is 7.36. The molecule has 2 aromatic rings. The number of urea groups is 1. The summed E-state index contributed by atoms with van der Waals surface area (Å²) < 4.78 is 5.15. The van der Waals surface area contributed by atoms with Crippen LogP contribution in [0.2, 0.25) is 5.02 Å². The molecule has 196 valence electrons. The van der Waals surface area contributed by atoms with Crippen molar-refractivity contribution >= 4 is 35.0 Å². The lowest BCUT2D eigenvalue weighted by molar-refractivity contribution is -0.124. The molecule has 37 heavy (non-hydrogen) atoms. The number of hydrogen-bond donors (Lipinski definition) is 3. The number of carbonyl (C=O) groups is 2. The minimum absolute atomic E-state index is 0.168. The van der Waals surface area contributed by atoms with E-state index in [-0.39, 0.29) is 11.9 Å². The molecule has 0 aliphatic carbocycles. The van der Waals surface area contributed by atoms with E-state index in [1.54, 1.807) is 48.5 Å². The number of nitrogens with zero attached hydrogens (tertiary/aromatic N) is 4. The summed E-state index contributed by atoms with van der Waals surface area (Å²) in [6.45, 7) is 3.67. The van der Waals surface area contributed by atoms with E-state index in [1.807, 2.05) is 17.2 Å². The van der Waals surface area contributed by atoms with Crippen LogP contribution in [0.5, 0.6) is 5.75 Å². The number of anilines is 2. The maximum absolute atomic E-state index is 12.9. The lowest BCUT2D eigenvalue weighted by atomic mass is 9.91. The maximum atomic E-state index is 12.9. The summed E-state index contributed by atoms with van der Waals surface area (Å²) >= 11 is 6.26. The Hall–Kier alpha value is -3.54. The molecule has 11 nitrogen and oxygen atoms in total. The van der Waals surface area contributed by atoms with Crippen LogP contribution >= 0.6 is 11.6 Å². The van der Waals surface area contributed by atoms with Crippen molar-refractivity contribution in [1.82, 2.24) is 25.8 Å². The van der Waals surface area contributed by atoms with Crippen molar-refractivity contribution in [3.63, 3.8) is 0 Å². The molecule has 1 spiro atoms. The van der Waals surface area contributed by atoms with E-state index in [0.717, 1.165) is 11.6 Å². The van der Waals surface area contributed by atoms with E-state index < -0.39 is 5.60 Å². The van der Waals surface area contributed by atoms with Gasteiger partial charge in [0.2, 0.25) is 0 Å². The Morgan fingerprint density at radius 1 is 1.08 bits per heavy atom. The minimum atomic E-state index is -0.613. The molecule has 4 heterocycles. The molecular weight excluding hydrogens is 498 g/mol. The quantitative estimate of drug-likeness (QED) is 0.543. The Bertz CT molecular complexity index is 1160. The normalized spacial score (nSPS) is 19.2. The molecule has 0 bridgehead atoms. The Morgan fingerprint density at radius 2 is 1.81 bits per heavy atom. The van der Waals surface area contributed by atoms with Gasteiger partial charge in [0.1, 0.15) is 22.9 Å². The van der Waals surface area contributed by atoms with Crippen LogP contribution in [0.25, 0.3) is 0 Å². The van der Waals surface area contributed by atoms with E-state index >= 15 is 0 Å². The SMILES string of the molecule is COc1ccc(NC(=O)N2CCC3(C=C(C(=O)NN4CCN(c5ncccc5Cl)CC4)NO3)CC2)cc1. The predicted molar refractivity (Wildman–Crippen MR) is 139 cm³/mol. The lowest BCUT2D eigenvalue weighted by Crippen LogP contribution is -2.54. The van der Waals surface area contributed by atoms with Gasteiger partial charge in [0, 0.05) is 64.0 Å². The molecule has 2 fully saturated rings. The minimum Gasteiger partial charge on any atom is -0.497 e. The monoisotopic (exact) mass is 527 g/mol. The van der Waals surface area contributed by atoms with E-state index in [2.05, 4.69) is 26.1 Å². The summed E-state index contributed by atoms with van der Waals surface area (Å²) in [7, 11) is 1.60. The van der Waals surface area contributed by atoms with Gasteiger partial charge in [-0.3, -0.25) is 20.5 Å². The van der Waals surface area contributed by atoms with Gasteiger partial charge in [0.15, 0.2) is 0 Å². The fraction of sp³-hybridized carbons (Fsp3) is 0.400. The second kappa shape index (κ2) is 10.8. The first-order chi connectivity index (χ1) is 17.9. The molecule has 3 aliphatic rings. The van der Waals surface area contributed by atoms with Crippen LogP contribution in [0.15, 0.2) is 54.4 Å². The van der Waals surface area contributed by atoms with Crippen LogP contribution in [0.4, 0.5) is 16.3 Å². The van der Waals surface area contributed by atoms with Gasteiger partial charge in [-0.25, -0.2) is 14.8 Å². The van der Waals surface area contributed by atoms with Gasteiger partial charge in [-0.05, 0) is 42.5 Å². The van der Waals surface area contributed by atoms with Crippen molar-refractivity contribution in [2.24, 2.45) is 0 Å². The fourth-order valence-corrected chi connectivity index (χ4v) is 4.89. The molecule has 1 aromatic carbocycles. The molecule has 3 aliphatic heterocycles.